The van der Waals surface area contributed by atoms with Gasteiger partial charge in [0.25, 0.3) is 0 Å². The SMILES string of the molecule is CCOc1ccc(COc2cccc(C=NNC(N)=O)c2)cc1OCC. The Morgan fingerprint density at radius 1 is 1.08 bits per heavy atom. The lowest BCUT2D eigenvalue weighted by Crippen LogP contribution is -2.24. The average molecular weight is 357 g/mol. The Kier molecular flexibility index (Phi) is 7.30. The third kappa shape index (κ3) is 6.01. The molecule has 0 heterocycles. The second kappa shape index (κ2) is 9.93. The molecule has 0 bridgehead atoms. The van der Waals surface area contributed by atoms with Gasteiger partial charge in [0.1, 0.15) is 12.4 Å². The molecule has 0 spiro atoms. The fourth-order valence-corrected chi connectivity index (χ4v) is 2.21. The molecule has 0 unspecified atom stereocenters. The summed E-state index contributed by atoms with van der Waals surface area (Å²) in [6.45, 7) is 5.38. The van der Waals surface area contributed by atoms with Gasteiger partial charge in [-0.3, -0.25) is 0 Å². The van der Waals surface area contributed by atoms with E-state index >= 15 is 0 Å². The minimum Gasteiger partial charge on any atom is -0.490 e. The van der Waals surface area contributed by atoms with Crippen molar-refractivity contribution in [3.05, 3.63) is 53.6 Å². The van der Waals surface area contributed by atoms with Crippen LogP contribution in [0.1, 0.15) is 25.0 Å². The highest BCUT2D eigenvalue weighted by Crippen LogP contribution is 2.29. The van der Waals surface area contributed by atoms with E-state index in [0.29, 0.717) is 31.3 Å². The number of amides is 2. The van der Waals surface area contributed by atoms with Gasteiger partial charge in [-0.05, 0) is 49.2 Å². The molecule has 7 nitrogen and oxygen atoms in total. The monoisotopic (exact) mass is 357 g/mol. The highest BCUT2D eigenvalue weighted by molar-refractivity contribution is 5.81. The van der Waals surface area contributed by atoms with Gasteiger partial charge in [-0.15, -0.1) is 0 Å². The van der Waals surface area contributed by atoms with Gasteiger partial charge in [-0.1, -0.05) is 18.2 Å². The van der Waals surface area contributed by atoms with Gasteiger partial charge in [-0.2, -0.15) is 5.10 Å². The molecule has 26 heavy (non-hydrogen) atoms. The Hall–Kier alpha value is -3.22. The van der Waals surface area contributed by atoms with Crippen LogP contribution in [0.25, 0.3) is 0 Å². The minimum atomic E-state index is -0.714. The predicted octanol–water partition coefficient (Wildman–Crippen LogP) is 3.07. The Morgan fingerprint density at radius 3 is 2.58 bits per heavy atom. The van der Waals surface area contributed by atoms with Crippen LogP contribution in [0.2, 0.25) is 0 Å². The molecule has 0 radical (unpaired) electrons. The van der Waals surface area contributed by atoms with Crippen molar-refractivity contribution in [3.8, 4) is 17.2 Å². The van der Waals surface area contributed by atoms with Crippen molar-refractivity contribution >= 4 is 12.2 Å². The first-order chi connectivity index (χ1) is 12.6. The summed E-state index contributed by atoms with van der Waals surface area (Å²) in [5.41, 5.74) is 8.84. The van der Waals surface area contributed by atoms with E-state index in [9.17, 15) is 4.79 Å². The summed E-state index contributed by atoms with van der Waals surface area (Å²) >= 11 is 0. The number of rotatable bonds is 9. The summed E-state index contributed by atoms with van der Waals surface area (Å²) in [6.07, 6.45) is 1.49. The van der Waals surface area contributed by atoms with Crippen LogP contribution in [0.4, 0.5) is 4.79 Å². The van der Waals surface area contributed by atoms with Gasteiger partial charge >= 0.3 is 6.03 Å². The number of urea groups is 1. The highest BCUT2D eigenvalue weighted by Gasteiger charge is 2.07. The van der Waals surface area contributed by atoms with Gasteiger partial charge < -0.3 is 19.9 Å². The lowest BCUT2D eigenvalue weighted by molar-refractivity contribution is 0.249. The molecule has 0 atom stereocenters. The zero-order valence-electron chi connectivity index (χ0n) is 14.9. The van der Waals surface area contributed by atoms with Crippen molar-refractivity contribution < 1.29 is 19.0 Å². The number of ether oxygens (including phenoxy) is 3. The minimum absolute atomic E-state index is 0.382. The first kappa shape index (κ1) is 19.1. The summed E-state index contributed by atoms with van der Waals surface area (Å²) < 4.78 is 17.0. The summed E-state index contributed by atoms with van der Waals surface area (Å²) in [5.74, 6) is 2.10. The summed E-state index contributed by atoms with van der Waals surface area (Å²) in [7, 11) is 0. The van der Waals surface area contributed by atoms with Crippen molar-refractivity contribution in [1.82, 2.24) is 5.43 Å². The molecule has 7 heteroatoms. The first-order valence-electron chi connectivity index (χ1n) is 8.32. The molecule has 0 saturated carbocycles. The number of carbonyl (C=O) groups excluding carboxylic acids is 1. The molecule has 0 aliphatic heterocycles. The van der Waals surface area contributed by atoms with Crippen LogP contribution in [0, 0.1) is 0 Å². The van der Waals surface area contributed by atoms with Crippen LogP contribution >= 0.6 is 0 Å². The summed E-state index contributed by atoms with van der Waals surface area (Å²) in [6, 6.07) is 12.3. The number of primary amides is 1. The summed E-state index contributed by atoms with van der Waals surface area (Å²) in [4.78, 5) is 10.6. The first-order valence-corrected chi connectivity index (χ1v) is 8.32. The van der Waals surface area contributed by atoms with E-state index in [-0.39, 0.29) is 0 Å². The maximum atomic E-state index is 10.6. The maximum Gasteiger partial charge on any atom is 0.332 e. The molecule has 138 valence electrons. The van der Waals surface area contributed by atoms with E-state index in [1.54, 1.807) is 0 Å². The largest absolute Gasteiger partial charge is 0.490 e. The fraction of sp³-hybridized carbons (Fsp3) is 0.263. The third-order valence-corrected chi connectivity index (χ3v) is 3.26. The number of carbonyl (C=O) groups is 1. The average Bonchev–Trinajstić information content (AvgIpc) is 2.62. The Morgan fingerprint density at radius 2 is 1.85 bits per heavy atom. The van der Waals surface area contributed by atoms with Gasteiger partial charge in [0.05, 0.1) is 19.4 Å². The molecule has 3 N–H and O–H groups in total. The number of nitrogens with zero attached hydrogens (tertiary/aromatic N) is 1. The molecule has 0 fully saturated rings. The number of benzene rings is 2. The standard InChI is InChI=1S/C19H23N3O4/c1-3-24-17-9-8-15(11-18(17)25-4-2)13-26-16-7-5-6-14(10-16)12-21-22-19(20)23/h5-12H,3-4,13H2,1-2H3,(H3,20,22,23). The lowest BCUT2D eigenvalue weighted by atomic mass is 10.2. The van der Waals surface area contributed by atoms with Crippen LogP contribution in [-0.2, 0) is 6.61 Å². The third-order valence-electron chi connectivity index (χ3n) is 3.26. The number of hydrazone groups is 1. The molecule has 2 amide bonds. The topological polar surface area (TPSA) is 95.2 Å². The molecule has 0 aromatic heterocycles. The van der Waals surface area contributed by atoms with Crippen molar-refractivity contribution in [2.45, 2.75) is 20.5 Å². The van der Waals surface area contributed by atoms with E-state index in [4.69, 9.17) is 19.9 Å². The molecule has 2 aromatic rings. The van der Waals surface area contributed by atoms with Gasteiger partial charge in [0.2, 0.25) is 0 Å². The van der Waals surface area contributed by atoms with E-state index in [1.807, 2.05) is 56.3 Å². The lowest BCUT2D eigenvalue weighted by Gasteiger charge is -2.13. The number of hydrogen-bond donors (Lipinski definition) is 2. The van der Waals surface area contributed by atoms with Crippen LogP contribution in [0.15, 0.2) is 47.6 Å². The maximum absolute atomic E-state index is 10.6. The van der Waals surface area contributed by atoms with Crippen LogP contribution in [0.3, 0.4) is 0 Å². The van der Waals surface area contributed by atoms with Crippen molar-refractivity contribution in [2.75, 3.05) is 13.2 Å². The van der Waals surface area contributed by atoms with Crippen LogP contribution < -0.4 is 25.4 Å². The molecule has 0 aliphatic rings. The second-order valence-electron chi connectivity index (χ2n) is 5.24. The van der Waals surface area contributed by atoms with Gasteiger partial charge in [0.15, 0.2) is 11.5 Å². The highest BCUT2D eigenvalue weighted by atomic mass is 16.5. The molecular formula is C19H23N3O4. The van der Waals surface area contributed by atoms with Gasteiger partial charge in [0, 0.05) is 0 Å². The Labute approximate surface area is 152 Å². The van der Waals surface area contributed by atoms with E-state index in [0.717, 1.165) is 16.9 Å². The van der Waals surface area contributed by atoms with Crippen molar-refractivity contribution in [1.29, 1.82) is 0 Å². The summed E-state index contributed by atoms with van der Waals surface area (Å²) in [5, 5.41) is 3.72. The van der Waals surface area contributed by atoms with Gasteiger partial charge in [-0.25, -0.2) is 10.2 Å². The zero-order valence-corrected chi connectivity index (χ0v) is 14.9. The van der Waals surface area contributed by atoms with E-state index in [2.05, 4.69) is 10.5 Å². The molecule has 2 rings (SSSR count). The smallest absolute Gasteiger partial charge is 0.332 e. The number of nitrogens with two attached hydrogens (primary N) is 1. The predicted molar refractivity (Wildman–Crippen MR) is 99.9 cm³/mol. The Bertz CT molecular complexity index is 762. The van der Waals surface area contributed by atoms with Crippen LogP contribution in [0.5, 0.6) is 17.2 Å². The fourth-order valence-electron chi connectivity index (χ4n) is 2.21. The van der Waals surface area contributed by atoms with Crippen molar-refractivity contribution in [2.24, 2.45) is 10.8 Å². The van der Waals surface area contributed by atoms with Crippen molar-refractivity contribution in [3.63, 3.8) is 0 Å². The normalized spacial score (nSPS) is 10.5. The molecule has 0 saturated heterocycles. The zero-order chi connectivity index (χ0) is 18.8. The van der Waals surface area contributed by atoms with E-state index in [1.165, 1.54) is 6.21 Å². The molecular weight excluding hydrogens is 334 g/mol. The molecule has 0 aliphatic carbocycles. The van der Waals surface area contributed by atoms with E-state index < -0.39 is 6.03 Å². The number of hydrogen-bond acceptors (Lipinski definition) is 5. The quantitative estimate of drug-likeness (QED) is 0.532. The Balaban J connectivity index is 2.03. The van der Waals surface area contributed by atoms with Crippen LogP contribution in [-0.4, -0.2) is 25.5 Å². The second-order valence-corrected chi connectivity index (χ2v) is 5.24. The molecule has 2 aromatic carbocycles. The number of nitrogens with one attached hydrogen (secondary N) is 1.